The number of carbonyl (C=O) groups excluding carboxylic acids is 2. The summed E-state index contributed by atoms with van der Waals surface area (Å²) in [6.07, 6.45) is 2.33. The second-order valence-corrected chi connectivity index (χ2v) is 5.11. The molecule has 4 nitrogen and oxygen atoms in total. The summed E-state index contributed by atoms with van der Waals surface area (Å²) in [4.78, 5) is 23.3. The van der Waals surface area contributed by atoms with Gasteiger partial charge in [-0.05, 0) is 48.5 Å². The van der Waals surface area contributed by atoms with Crippen molar-refractivity contribution >= 4 is 22.9 Å². The van der Waals surface area contributed by atoms with Gasteiger partial charge in [-0.1, -0.05) is 0 Å². The predicted octanol–water partition coefficient (Wildman–Crippen LogP) is 3.41. The van der Waals surface area contributed by atoms with E-state index in [1.807, 2.05) is 0 Å². The Morgan fingerprint density at radius 3 is 1.25 bits per heavy atom. The number of hydrogen-bond acceptors (Lipinski definition) is 4. The Kier molecular flexibility index (Phi) is 4.20. The van der Waals surface area contributed by atoms with E-state index in [0.717, 1.165) is 12.2 Å². The molecular formula is C18H12F2N2O2. The monoisotopic (exact) mass is 326 g/mol. The number of carbonyl (C=O) groups is 2. The van der Waals surface area contributed by atoms with Crippen molar-refractivity contribution < 1.29 is 18.4 Å². The van der Waals surface area contributed by atoms with Crippen molar-refractivity contribution in [2.45, 2.75) is 0 Å². The second kappa shape index (κ2) is 6.45. The lowest BCUT2D eigenvalue weighted by molar-refractivity contribution is -0.131. The van der Waals surface area contributed by atoms with Crippen molar-refractivity contribution in [1.82, 2.24) is 0 Å². The van der Waals surface area contributed by atoms with Gasteiger partial charge in [-0.25, -0.2) is 8.78 Å². The number of hydrogen-bond donors (Lipinski definition) is 2. The van der Waals surface area contributed by atoms with E-state index in [1.165, 1.54) is 48.5 Å². The lowest BCUT2D eigenvalue weighted by atomic mass is 10.1. The zero-order valence-electron chi connectivity index (χ0n) is 12.3. The van der Waals surface area contributed by atoms with E-state index >= 15 is 0 Å². The fourth-order valence-corrected chi connectivity index (χ4v) is 2.14. The van der Waals surface area contributed by atoms with E-state index in [-0.39, 0.29) is 11.6 Å². The topological polar surface area (TPSA) is 58.2 Å². The van der Waals surface area contributed by atoms with Gasteiger partial charge >= 0.3 is 0 Å². The largest absolute Gasteiger partial charge is 0.354 e. The van der Waals surface area contributed by atoms with Gasteiger partial charge in [-0.15, -0.1) is 0 Å². The van der Waals surface area contributed by atoms with Crippen molar-refractivity contribution in [3.63, 3.8) is 0 Å². The summed E-state index contributed by atoms with van der Waals surface area (Å²) in [6, 6.07) is 11.1. The highest BCUT2D eigenvalue weighted by molar-refractivity contribution is 6.47. The van der Waals surface area contributed by atoms with Gasteiger partial charge in [0.05, 0.1) is 11.4 Å². The first kappa shape index (κ1) is 15.6. The van der Waals surface area contributed by atoms with Crippen LogP contribution in [0.4, 0.5) is 20.2 Å². The molecule has 2 aromatic carbocycles. The molecule has 0 unspecified atom stereocenters. The average Bonchev–Trinajstić information content (AvgIpc) is 2.56. The number of ketones is 2. The third kappa shape index (κ3) is 3.55. The molecule has 0 spiro atoms. The fourth-order valence-electron chi connectivity index (χ4n) is 2.14. The van der Waals surface area contributed by atoms with Gasteiger partial charge in [0.2, 0.25) is 11.6 Å². The lowest BCUT2D eigenvalue weighted by Crippen LogP contribution is -2.21. The normalized spacial score (nSPS) is 14.1. The SMILES string of the molecule is O=C1C=C(Nc2ccc(F)cc2)C(Nc2ccc(F)cc2)=CC1=O. The van der Waals surface area contributed by atoms with Crippen LogP contribution in [0.5, 0.6) is 0 Å². The third-order valence-corrected chi connectivity index (χ3v) is 3.33. The molecule has 0 atom stereocenters. The Morgan fingerprint density at radius 1 is 0.583 bits per heavy atom. The zero-order valence-corrected chi connectivity index (χ0v) is 12.3. The number of benzene rings is 2. The first-order valence-corrected chi connectivity index (χ1v) is 7.08. The molecule has 120 valence electrons. The lowest BCUT2D eigenvalue weighted by Gasteiger charge is -2.19. The van der Waals surface area contributed by atoms with Crippen LogP contribution < -0.4 is 10.6 Å². The molecule has 0 saturated heterocycles. The number of anilines is 2. The van der Waals surface area contributed by atoms with E-state index < -0.39 is 11.6 Å². The minimum absolute atomic E-state index is 0.357. The molecule has 2 aromatic rings. The van der Waals surface area contributed by atoms with E-state index in [1.54, 1.807) is 0 Å². The molecule has 1 aliphatic rings. The Morgan fingerprint density at radius 2 is 0.917 bits per heavy atom. The first-order valence-electron chi connectivity index (χ1n) is 7.08. The van der Waals surface area contributed by atoms with Gasteiger partial charge in [0.25, 0.3) is 0 Å². The molecule has 2 N–H and O–H groups in total. The van der Waals surface area contributed by atoms with Crippen molar-refractivity contribution in [2.75, 3.05) is 10.6 Å². The minimum Gasteiger partial charge on any atom is -0.354 e. The van der Waals surface area contributed by atoms with Crippen LogP contribution >= 0.6 is 0 Å². The molecule has 0 heterocycles. The first-order chi connectivity index (χ1) is 11.5. The third-order valence-electron chi connectivity index (χ3n) is 3.33. The molecular weight excluding hydrogens is 314 g/mol. The van der Waals surface area contributed by atoms with Crippen molar-refractivity contribution in [1.29, 1.82) is 0 Å². The maximum atomic E-state index is 13.0. The Bertz CT molecular complexity index is 780. The van der Waals surface area contributed by atoms with Crippen LogP contribution in [-0.2, 0) is 9.59 Å². The maximum Gasteiger partial charge on any atom is 0.227 e. The van der Waals surface area contributed by atoms with E-state index in [9.17, 15) is 18.4 Å². The summed E-state index contributed by atoms with van der Waals surface area (Å²) in [6.45, 7) is 0. The molecule has 0 bridgehead atoms. The molecule has 0 radical (unpaired) electrons. The molecule has 0 aromatic heterocycles. The van der Waals surface area contributed by atoms with E-state index in [4.69, 9.17) is 0 Å². The van der Waals surface area contributed by atoms with Crippen molar-refractivity contribution in [3.8, 4) is 0 Å². The molecule has 3 rings (SSSR count). The number of nitrogens with one attached hydrogen (secondary N) is 2. The van der Waals surface area contributed by atoms with Gasteiger partial charge < -0.3 is 10.6 Å². The van der Waals surface area contributed by atoms with Crippen LogP contribution in [0.15, 0.2) is 72.1 Å². The van der Waals surface area contributed by atoms with Crippen LogP contribution in [0.3, 0.4) is 0 Å². The Hall–Kier alpha value is -3.28. The number of halogens is 2. The van der Waals surface area contributed by atoms with Gasteiger partial charge in [-0.3, -0.25) is 9.59 Å². The second-order valence-electron chi connectivity index (χ2n) is 5.11. The molecule has 1 aliphatic carbocycles. The standard InChI is InChI=1S/C18H12F2N2O2/c19-11-1-5-13(6-2-11)21-15-9-17(23)18(24)10-16(15)22-14-7-3-12(20)4-8-14/h1-10,21-22H. The summed E-state index contributed by atoms with van der Waals surface area (Å²) in [5.74, 6) is -2.09. The maximum absolute atomic E-state index is 13.0. The summed E-state index contributed by atoms with van der Waals surface area (Å²) in [5, 5.41) is 5.91. The molecule has 0 aliphatic heterocycles. The summed E-state index contributed by atoms with van der Waals surface area (Å²) in [5.41, 5.74) is 1.82. The number of allylic oxidation sites excluding steroid dienone is 2. The molecule has 6 heteroatoms. The molecule has 0 fully saturated rings. The smallest absolute Gasteiger partial charge is 0.227 e. The van der Waals surface area contributed by atoms with Crippen LogP contribution in [0.2, 0.25) is 0 Å². The Balaban J connectivity index is 1.86. The summed E-state index contributed by atoms with van der Waals surface area (Å²) < 4.78 is 26.0. The highest BCUT2D eigenvalue weighted by Crippen LogP contribution is 2.22. The van der Waals surface area contributed by atoms with Crippen LogP contribution in [0.25, 0.3) is 0 Å². The number of rotatable bonds is 4. The average molecular weight is 326 g/mol. The highest BCUT2D eigenvalue weighted by atomic mass is 19.1. The fraction of sp³-hybridized carbons (Fsp3) is 0. The van der Waals surface area contributed by atoms with Crippen LogP contribution in [0, 0.1) is 11.6 Å². The van der Waals surface area contributed by atoms with Crippen molar-refractivity contribution in [2.24, 2.45) is 0 Å². The van der Waals surface area contributed by atoms with Gasteiger partial charge in [0.15, 0.2) is 0 Å². The Labute approximate surface area is 136 Å². The van der Waals surface area contributed by atoms with Crippen LogP contribution in [-0.4, -0.2) is 11.6 Å². The molecule has 0 amide bonds. The zero-order chi connectivity index (χ0) is 17.1. The van der Waals surface area contributed by atoms with Gasteiger partial charge in [0.1, 0.15) is 11.6 Å². The predicted molar refractivity (Wildman–Crippen MR) is 86.2 cm³/mol. The van der Waals surface area contributed by atoms with Crippen molar-refractivity contribution in [3.05, 3.63) is 83.7 Å². The minimum atomic E-state index is -0.663. The molecule has 0 saturated carbocycles. The van der Waals surface area contributed by atoms with Crippen LogP contribution in [0.1, 0.15) is 0 Å². The summed E-state index contributed by atoms with van der Waals surface area (Å²) in [7, 11) is 0. The van der Waals surface area contributed by atoms with Gasteiger partial charge in [0, 0.05) is 23.5 Å². The van der Waals surface area contributed by atoms with E-state index in [2.05, 4.69) is 10.6 Å². The molecule has 24 heavy (non-hydrogen) atoms. The van der Waals surface area contributed by atoms with E-state index in [0.29, 0.717) is 22.8 Å². The highest BCUT2D eigenvalue weighted by Gasteiger charge is 2.20. The quantitative estimate of drug-likeness (QED) is 0.668. The van der Waals surface area contributed by atoms with Gasteiger partial charge in [-0.2, -0.15) is 0 Å². The summed E-state index contributed by atoms with van der Waals surface area (Å²) >= 11 is 0.